The van der Waals surface area contributed by atoms with E-state index in [1.807, 2.05) is 37.3 Å². The van der Waals surface area contributed by atoms with Gasteiger partial charge in [-0.1, -0.05) is 111 Å². The van der Waals surface area contributed by atoms with Crippen LogP contribution in [0.3, 0.4) is 0 Å². The number of pyridine rings is 1. The van der Waals surface area contributed by atoms with E-state index in [1.54, 1.807) is 0 Å². The SMILES string of the molecule is C/C=C(\C=C(/C)c1ccccc1)c1nc(-c2nc3cc4sc5ccccc5c4cc3c3ccccc23)nc2ccccc12.CC. The van der Waals surface area contributed by atoms with Gasteiger partial charge in [-0.05, 0) is 66.3 Å². The van der Waals surface area contributed by atoms with Crippen LogP contribution in [0.25, 0.3) is 75.4 Å². The van der Waals surface area contributed by atoms with Crippen molar-refractivity contribution in [1.29, 1.82) is 0 Å². The molecule has 218 valence electrons. The van der Waals surface area contributed by atoms with Gasteiger partial charge in [-0.25, -0.2) is 15.0 Å². The summed E-state index contributed by atoms with van der Waals surface area (Å²) >= 11 is 1.81. The molecule has 3 heterocycles. The minimum Gasteiger partial charge on any atom is -0.244 e. The van der Waals surface area contributed by atoms with Gasteiger partial charge in [0.25, 0.3) is 0 Å². The summed E-state index contributed by atoms with van der Waals surface area (Å²) in [5, 5.41) is 6.94. The summed E-state index contributed by atoms with van der Waals surface area (Å²) in [6.07, 6.45) is 4.35. The van der Waals surface area contributed by atoms with E-state index in [0.29, 0.717) is 5.82 Å². The van der Waals surface area contributed by atoms with Gasteiger partial charge in [0.2, 0.25) is 0 Å². The molecule has 5 aromatic carbocycles. The number of nitrogens with zero attached hydrogens (tertiary/aromatic N) is 3. The maximum absolute atomic E-state index is 5.28. The van der Waals surface area contributed by atoms with E-state index in [9.17, 15) is 0 Å². The first-order chi connectivity index (χ1) is 22.2. The summed E-state index contributed by atoms with van der Waals surface area (Å²) in [4.78, 5) is 15.6. The monoisotopic (exact) mass is 599 g/mol. The fraction of sp³-hybridized carbons (Fsp3) is 0.0976. The van der Waals surface area contributed by atoms with Crippen LogP contribution in [0.15, 0.2) is 127 Å². The summed E-state index contributed by atoms with van der Waals surface area (Å²) < 4.78 is 2.53. The van der Waals surface area contributed by atoms with Crippen molar-refractivity contribution in [3.05, 3.63) is 139 Å². The van der Waals surface area contributed by atoms with Gasteiger partial charge in [-0.2, -0.15) is 0 Å². The molecule has 3 nitrogen and oxygen atoms in total. The van der Waals surface area contributed by atoms with Gasteiger partial charge < -0.3 is 0 Å². The predicted molar refractivity (Wildman–Crippen MR) is 196 cm³/mol. The number of hydrogen-bond donors (Lipinski definition) is 0. The molecule has 8 rings (SSSR count). The molecule has 0 fully saturated rings. The summed E-state index contributed by atoms with van der Waals surface area (Å²) in [5.41, 5.74) is 6.99. The molecule has 0 spiro atoms. The smallest absolute Gasteiger partial charge is 0.179 e. The zero-order valence-electron chi connectivity index (χ0n) is 25.9. The van der Waals surface area contributed by atoms with Gasteiger partial charge in [0.1, 0.15) is 5.69 Å². The fourth-order valence-corrected chi connectivity index (χ4v) is 7.17. The van der Waals surface area contributed by atoms with Gasteiger partial charge in [0.15, 0.2) is 5.82 Å². The lowest BCUT2D eigenvalue weighted by Gasteiger charge is -2.13. The Kier molecular flexibility index (Phi) is 7.66. The molecule has 0 atom stereocenters. The number of fused-ring (bicyclic) bond motifs is 7. The summed E-state index contributed by atoms with van der Waals surface area (Å²) in [7, 11) is 0. The molecule has 3 aromatic heterocycles. The Morgan fingerprint density at radius 3 is 2.02 bits per heavy atom. The third-order valence-corrected chi connectivity index (χ3v) is 9.33. The molecule has 0 bridgehead atoms. The van der Waals surface area contributed by atoms with Gasteiger partial charge in [0.05, 0.1) is 16.7 Å². The van der Waals surface area contributed by atoms with Crippen molar-refractivity contribution in [2.75, 3.05) is 0 Å². The molecule has 0 radical (unpaired) electrons. The van der Waals surface area contributed by atoms with Crippen LogP contribution in [0.5, 0.6) is 0 Å². The second-order valence-corrected chi connectivity index (χ2v) is 11.9. The number of allylic oxidation sites excluding steroid dienone is 4. The molecule has 4 heteroatoms. The van der Waals surface area contributed by atoms with Crippen molar-refractivity contribution >= 4 is 75.2 Å². The van der Waals surface area contributed by atoms with Crippen molar-refractivity contribution in [3.8, 4) is 11.5 Å². The van der Waals surface area contributed by atoms with Crippen LogP contribution in [-0.2, 0) is 0 Å². The Labute approximate surface area is 267 Å². The van der Waals surface area contributed by atoms with Crippen molar-refractivity contribution in [3.63, 3.8) is 0 Å². The standard InChI is InChI=1S/C39H27N3S.C2H6/c1-3-25(21-24(2)26-13-5-4-6-14-26)37-30-18-9-11-19-33(30)41-39(42-37)38-29-17-8-7-15-27(29)31-22-32-28-16-10-12-20-35(28)43-36(32)23-34(31)40-38;1-2/h3-23H,1-2H3;1-2H3/b24-21+,25-3+;. The normalized spacial score (nSPS) is 12.3. The van der Waals surface area contributed by atoms with Gasteiger partial charge in [0, 0.05) is 36.3 Å². The first kappa shape index (κ1) is 28.6. The lowest BCUT2D eigenvalue weighted by Crippen LogP contribution is -2.00. The molecule has 0 saturated heterocycles. The van der Waals surface area contributed by atoms with Crippen LogP contribution in [0.2, 0.25) is 0 Å². The number of thiophene rings is 1. The highest BCUT2D eigenvalue weighted by Crippen LogP contribution is 2.40. The maximum atomic E-state index is 5.28. The van der Waals surface area contributed by atoms with Gasteiger partial charge >= 0.3 is 0 Å². The lowest BCUT2D eigenvalue weighted by atomic mass is 9.99. The molecule has 0 aliphatic heterocycles. The van der Waals surface area contributed by atoms with Crippen molar-refractivity contribution < 1.29 is 0 Å². The number of rotatable bonds is 4. The Bertz CT molecular complexity index is 2420. The number of para-hydroxylation sites is 1. The van der Waals surface area contributed by atoms with Crippen LogP contribution in [-0.4, -0.2) is 15.0 Å². The zero-order chi connectivity index (χ0) is 30.9. The minimum absolute atomic E-state index is 0.633. The first-order valence-corrected chi connectivity index (χ1v) is 16.3. The van der Waals surface area contributed by atoms with Crippen molar-refractivity contribution in [2.24, 2.45) is 0 Å². The molecular formula is C41H33N3S. The largest absolute Gasteiger partial charge is 0.244 e. The highest BCUT2D eigenvalue weighted by Gasteiger charge is 2.18. The number of benzene rings is 5. The van der Waals surface area contributed by atoms with E-state index in [-0.39, 0.29) is 0 Å². The summed E-state index contributed by atoms with van der Waals surface area (Å²) in [6.45, 7) is 8.22. The minimum atomic E-state index is 0.633. The Morgan fingerprint density at radius 1 is 0.578 bits per heavy atom. The highest BCUT2D eigenvalue weighted by molar-refractivity contribution is 7.25. The molecule has 8 aromatic rings. The summed E-state index contributed by atoms with van der Waals surface area (Å²) in [5.74, 6) is 0.633. The number of aromatic nitrogens is 3. The first-order valence-electron chi connectivity index (χ1n) is 15.5. The quantitative estimate of drug-likeness (QED) is 0.149. The Morgan fingerprint density at radius 2 is 1.24 bits per heavy atom. The lowest BCUT2D eigenvalue weighted by molar-refractivity contribution is 1.18. The van der Waals surface area contributed by atoms with E-state index >= 15 is 0 Å². The van der Waals surface area contributed by atoms with Gasteiger partial charge in [-0.15, -0.1) is 11.3 Å². The molecular weight excluding hydrogens is 567 g/mol. The molecule has 0 aliphatic carbocycles. The van der Waals surface area contributed by atoms with Crippen LogP contribution in [0, 0.1) is 0 Å². The Balaban J connectivity index is 0.00000160. The average Bonchev–Trinajstić information content (AvgIpc) is 3.47. The van der Waals surface area contributed by atoms with E-state index < -0.39 is 0 Å². The average molecular weight is 600 g/mol. The van der Waals surface area contributed by atoms with Crippen LogP contribution in [0.1, 0.15) is 39.0 Å². The molecule has 0 unspecified atom stereocenters. The predicted octanol–water partition coefficient (Wildman–Crippen LogP) is 11.9. The molecule has 0 saturated carbocycles. The molecule has 0 N–H and O–H groups in total. The zero-order valence-corrected chi connectivity index (χ0v) is 26.7. The van der Waals surface area contributed by atoms with Gasteiger partial charge in [-0.3, -0.25) is 0 Å². The van der Waals surface area contributed by atoms with Crippen LogP contribution >= 0.6 is 11.3 Å². The highest BCUT2D eigenvalue weighted by atomic mass is 32.1. The second kappa shape index (κ2) is 12.1. The summed E-state index contributed by atoms with van der Waals surface area (Å²) in [6, 6.07) is 40.4. The third kappa shape index (κ3) is 5.07. The third-order valence-electron chi connectivity index (χ3n) is 8.20. The van der Waals surface area contributed by atoms with E-state index in [4.69, 9.17) is 15.0 Å². The van der Waals surface area contributed by atoms with E-state index in [1.165, 1.54) is 31.3 Å². The van der Waals surface area contributed by atoms with Crippen molar-refractivity contribution in [2.45, 2.75) is 27.7 Å². The van der Waals surface area contributed by atoms with Crippen LogP contribution in [0.4, 0.5) is 0 Å². The van der Waals surface area contributed by atoms with E-state index in [0.717, 1.165) is 49.5 Å². The fourth-order valence-electron chi connectivity index (χ4n) is 6.05. The number of hydrogen-bond acceptors (Lipinski definition) is 4. The molecule has 45 heavy (non-hydrogen) atoms. The molecule has 0 aliphatic rings. The topological polar surface area (TPSA) is 38.7 Å². The maximum Gasteiger partial charge on any atom is 0.179 e. The molecule has 0 amide bonds. The van der Waals surface area contributed by atoms with E-state index in [2.05, 4.69) is 129 Å². The second-order valence-electron chi connectivity index (χ2n) is 10.8. The Hall–Kier alpha value is -5.19. The van der Waals surface area contributed by atoms with Crippen molar-refractivity contribution in [1.82, 2.24) is 15.0 Å². The van der Waals surface area contributed by atoms with Crippen LogP contribution < -0.4 is 0 Å².